The molecule has 0 amide bonds. The molecule has 0 atom stereocenters. The van der Waals surface area contributed by atoms with E-state index in [0.717, 1.165) is 10.9 Å². The Morgan fingerprint density at radius 2 is 1.86 bits per heavy atom. The normalized spacial score (nSPS) is 11.7. The molecule has 103 valence electrons. The van der Waals surface area contributed by atoms with Crippen molar-refractivity contribution in [2.45, 2.75) is 6.92 Å². The zero-order chi connectivity index (χ0) is 13.3. The summed E-state index contributed by atoms with van der Waals surface area (Å²) >= 11 is 1.86. The fourth-order valence-electron chi connectivity index (χ4n) is 3.29. The Kier molecular flexibility index (Phi) is 2.80. The van der Waals surface area contributed by atoms with Gasteiger partial charge in [0.25, 0.3) is 0 Å². The number of hydrogen-bond acceptors (Lipinski definition) is 2. The summed E-state index contributed by atoms with van der Waals surface area (Å²) in [6.45, 7) is 2.16. The zero-order valence-electron chi connectivity index (χ0n) is 11.2. The van der Waals surface area contributed by atoms with Crippen molar-refractivity contribution in [3.63, 3.8) is 0 Å². The topological polar surface area (TPSA) is 12.9 Å². The number of fused-ring (bicyclic) bond motifs is 3. The van der Waals surface area contributed by atoms with Gasteiger partial charge in [-0.05, 0) is 51.0 Å². The summed E-state index contributed by atoms with van der Waals surface area (Å²) in [6.07, 6.45) is 1.90. The van der Waals surface area contributed by atoms with E-state index in [4.69, 9.17) is 0 Å². The minimum Gasteiger partial charge on any atom is -0.304 e. The summed E-state index contributed by atoms with van der Waals surface area (Å²) in [5.74, 6) is 0. The van der Waals surface area contributed by atoms with Crippen LogP contribution in [0.2, 0.25) is 0 Å². The van der Waals surface area contributed by atoms with Crippen LogP contribution < -0.4 is 0 Å². The molecule has 0 bridgehead atoms. The van der Waals surface area contributed by atoms with E-state index in [1.165, 1.54) is 36.5 Å². The maximum atomic E-state index is 4.64. The Bertz CT molecular complexity index is 1110. The molecule has 3 heteroatoms. The number of nitrogens with zero attached hydrogens (tertiary/aromatic N) is 1. The van der Waals surface area contributed by atoms with Crippen LogP contribution in [0.1, 0.15) is 5.56 Å². The van der Waals surface area contributed by atoms with Gasteiger partial charge < -0.3 is 4.98 Å². The summed E-state index contributed by atoms with van der Waals surface area (Å²) in [5, 5.41) is 6.46. The van der Waals surface area contributed by atoms with E-state index in [1.807, 2.05) is 23.6 Å². The Labute approximate surface area is 139 Å². The van der Waals surface area contributed by atoms with Crippen molar-refractivity contribution in [2.24, 2.45) is 0 Å². The first-order valence-electron chi connectivity index (χ1n) is 6.67. The van der Waals surface area contributed by atoms with Gasteiger partial charge in [-0.1, -0.05) is 17.5 Å². The summed E-state index contributed by atoms with van der Waals surface area (Å²) in [5.41, 5.74) is 2.36. The van der Waals surface area contributed by atoms with Crippen molar-refractivity contribution in [2.75, 3.05) is 0 Å². The van der Waals surface area contributed by atoms with Gasteiger partial charge in [0.1, 0.15) is 0 Å². The minimum atomic E-state index is 0. The first kappa shape index (κ1) is 13.1. The van der Waals surface area contributed by atoms with E-state index in [0.29, 0.717) is 0 Å². The van der Waals surface area contributed by atoms with E-state index in [-0.39, 0.29) is 20.1 Å². The van der Waals surface area contributed by atoms with Crippen LogP contribution in [0.25, 0.3) is 41.8 Å². The number of pyridine rings is 1. The molecule has 0 aliphatic heterocycles. The molecule has 21 heavy (non-hydrogen) atoms. The molecule has 2 heterocycles. The first-order valence-corrected chi connectivity index (χ1v) is 7.48. The second-order valence-corrected chi connectivity index (χ2v) is 6.31. The molecule has 1 nitrogen and oxygen atoms in total. The summed E-state index contributed by atoms with van der Waals surface area (Å²) in [6, 6.07) is 16.3. The molecular formula is C18H10IrNS-. The standard InChI is InChI=1S/C18H10NS.Ir/c1-10-8-9-19-18-12-5-3-7-14-17(12)16-11(15(10)18)4-2-6-13(16)20-14;/h2-4,6-9H,1H3;/q-1;. The second kappa shape index (κ2) is 4.48. The van der Waals surface area contributed by atoms with Gasteiger partial charge in [0.05, 0.1) is 0 Å². The number of rotatable bonds is 0. The zero-order valence-corrected chi connectivity index (χ0v) is 14.4. The van der Waals surface area contributed by atoms with Gasteiger partial charge in [-0.25, -0.2) is 0 Å². The largest absolute Gasteiger partial charge is 0.304 e. The molecule has 2 aromatic heterocycles. The van der Waals surface area contributed by atoms with E-state index < -0.39 is 0 Å². The molecule has 5 aromatic rings. The van der Waals surface area contributed by atoms with Gasteiger partial charge in [0.2, 0.25) is 0 Å². The minimum absolute atomic E-state index is 0. The Morgan fingerprint density at radius 1 is 1.00 bits per heavy atom. The monoisotopic (exact) mass is 465 g/mol. The van der Waals surface area contributed by atoms with E-state index in [2.05, 4.69) is 48.3 Å². The van der Waals surface area contributed by atoms with Crippen molar-refractivity contribution < 1.29 is 20.1 Å². The first-order chi connectivity index (χ1) is 9.84. The van der Waals surface area contributed by atoms with E-state index in [9.17, 15) is 0 Å². The van der Waals surface area contributed by atoms with E-state index in [1.54, 1.807) is 0 Å². The molecule has 0 N–H and O–H groups in total. The van der Waals surface area contributed by atoms with Crippen LogP contribution in [-0.4, -0.2) is 4.98 Å². The summed E-state index contributed by atoms with van der Waals surface area (Å²) in [7, 11) is 0. The SMILES string of the molecule is Cc1ccnc2c3[c-]ccc4sc5cccc(c12)c5c43.[Ir]. The quantitative estimate of drug-likeness (QED) is 0.224. The molecule has 0 spiro atoms. The maximum absolute atomic E-state index is 4.64. The molecule has 0 unspecified atom stereocenters. The fourth-order valence-corrected chi connectivity index (χ4v) is 4.43. The van der Waals surface area contributed by atoms with Crippen LogP contribution in [0.4, 0.5) is 0 Å². The molecule has 0 aliphatic rings. The summed E-state index contributed by atoms with van der Waals surface area (Å²) < 4.78 is 2.68. The average Bonchev–Trinajstić information content (AvgIpc) is 2.85. The average molecular weight is 465 g/mol. The van der Waals surface area contributed by atoms with Crippen LogP contribution in [0.15, 0.2) is 42.6 Å². The molecule has 0 aliphatic carbocycles. The maximum Gasteiger partial charge on any atom is 0.0251 e. The molecule has 3 aromatic carbocycles. The number of aromatic nitrogens is 1. The summed E-state index contributed by atoms with van der Waals surface area (Å²) in [4.78, 5) is 4.64. The van der Waals surface area contributed by atoms with Crippen LogP contribution in [0, 0.1) is 13.0 Å². The van der Waals surface area contributed by atoms with Gasteiger partial charge in [0, 0.05) is 31.0 Å². The van der Waals surface area contributed by atoms with Gasteiger partial charge in [0.15, 0.2) is 0 Å². The van der Waals surface area contributed by atoms with Gasteiger partial charge >= 0.3 is 0 Å². The van der Waals surface area contributed by atoms with Gasteiger partial charge in [-0.3, -0.25) is 0 Å². The van der Waals surface area contributed by atoms with Crippen molar-refractivity contribution in [1.29, 1.82) is 0 Å². The Morgan fingerprint density at radius 3 is 2.76 bits per heavy atom. The molecular weight excluding hydrogens is 454 g/mol. The van der Waals surface area contributed by atoms with Crippen molar-refractivity contribution in [3.8, 4) is 0 Å². The Hall–Kier alpha value is -1.54. The van der Waals surface area contributed by atoms with Crippen LogP contribution in [0.5, 0.6) is 0 Å². The number of thiophene rings is 1. The van der Waals surface area contributed by atoms with Crippen molar-refractivity contribution in [3.05, 3.63) is 54.2 Å². The van der Waals surface area contributed by atoms with E-state index >= 15 is 0 Å². The van der Waals surface area contributed by atoms with Crippen LogP contribution in [0.3, 0.4) is 0 Å². The Balaban J connectivity index is 0.00000115. The van der Waals surface area contributed by atoms with Crippen molar-refractivity contribution >= 4 is 53.2 Å². The predicted octanol–water partition coefficient (Wildman–Crippen LogP) is 5.30. The van der Waals surface area contributed by atoms with Crippen LogP contribution in [-0.2, 0) is 20.1 Å². The third-order valence-corrected chi connectivity index (χ3v) is 5.24. The molecule has 0 fully saturated rings. The third kappa shape index (κ3) is 1.57. The smallest absolute Gasteiger partial charge is 0.0251 e. The number of benzene rings is 3. The number of aryl methyl sites for hydroxylation is 1. The van der Waals surface area contributed by atoms with Crippen LogP contribution >= 0.6 is 11.3 Å². The second-order valence-electron chi connectivity index (χ2n) is 5.22. The predicted molar refractivity (Wildman–Crippen MR) is 86.9 cm³/mol. The van der Waals surface area contributed by atoms with Crippen molar-refractivity contribution in [1.82, 2.24) is 4.98 Å². The molecule has 1 radical (unpaired) electrons. The molecule has 0 saturated heterocycles. The fraction of sp³-hybridized carbons (Fsp3) is 0.0556. The number of hydrogen-bond donors (Lipinski definition) is 0. The third-order valence-electron chi connectivity index (χ3n) is 4.12. The van der Waals surface area contributed by atoms with Gasteiger partial charge in [-0.15, -0.1) is 23.6 Å². The molecule has 5 rings (SSSR count). The molecule has 0 saturated carbocycles. The van der Waals surface area contributed by atoms with Gasteiger partial charge in [-0.2, -0.15) is 11.3 Å².